The molecule has 18 heavy (non-hydrogen) atoms. The van der Waals surface area contributed by atoms with Crippen molar-refractivity contribution >= 4 is 11.8 Å². The first-order chi connectivity index (χ1) is 8.65. The van der Waals surface area contributed by atoms with Crippen LogP contribution in [0.2, 0.25) is 0 Å². The first-order valence-electron chi connectivity index (χ1n) is 6.09. The quantitative estimate of drug-likeness (QED) is 0.695. The summed E-state index contributed by atoms with van der Waals surface area (Å²) in [6.07, 6.45) is 3.04. The Labute approximate surface area is 107 Å². The molecule has 1 heterocycles. The molecule has 0 saturated heterocycles. The van der Waals surface area contributed by atoms with Crippen LogP contribution in [0.5, 0.6) is 0 Å². The summed E-state index contributed by atoms with van der Waals surface area (Å²) in [6, 6.07) is 3.28. The summed E-state index contributed by atoms with van der Waals surface area (Å²) in [7, 11) is 1.69. The van der Waals surface area contributed by atoms with Gasteiger partial charge in [-0.05, 0) is 38.3 Å². The third kappa shape index (κ3) is 4.71. The number of nitrogens with one attached hydrogen (secondary N) is 1. The van der Waals surface area contributed by atoms with Crippen LogP contribution in [0.25, 0.3) is 0 Å². The van der Waals surface area contributed by atoms with Crippen molar-refractivity contribution in [2.75, 3.05) is 25.6 Å². The van der Waals surface area contributed by atoms with Crippen molar-refractivity contribution in [2.45, 2.75) is 26.2 Å². The summed E-state index contributed by atoms with van der Waals surface area (Å²) in [5, 5.41) is 12.1. The molecule has 5 nitrogen and oxygen atoms in total. The smallest absolute Gasteiger partial charge is 0.339 e. The predicted octanol–water partition coefficient (Wildman–Crippen LogP) is 2.32. The van der Waals surface area contributed by atoms with Crippen LogP contribution in [0.15, 0.2) is 12.1 Å². The van der Waals surface area contributed by atoms with Gasteiger partial charge in [-0.3, -0.25) is 0 Å². The Morgan fingerprint density at radius 2 is 2.17 bits per heavy atom. The van der Waals surface area contributed by atoms with Gasteiger partial charge in [-0.15, -0.1) is 0 Å². The monoisotopic (exact) mass is 252 g/mol. The third-order valence-electron chi connectivity index (χ3n) is 2.58. The Bertz CT molecular complexity index is 394. The standard InChI is InChI=1S/C13H20N2O3/c1-10-6-7-11(13(16)17)12(15-10)14-8-4-3-5-9-18-2/h6-7H,3-5,8-9H2,1-2H3,(H,14,15)(H,16,17). The van der Waals surface area contributed by atoms with Crippen molar-refractivity contribution in [3.05, 3.63) is 23.4 Å². The number of aromatic nitrogens is 1. The largest absolute Gasteiger partial charge is 0.478 e. The summed E-state index contributed by atoms with van der Waals surface area (Å²) in [5.41, 5.74) is 1.03. The van der Waals surface area contributed by atoms with Crippen molar-refractivity contribution in [3.63, 3.8) is 0 Å². The van der Waals surface area contributed by atoms with Gasteiger partial charge in [0.1, 0.15) is 11.4 Å². The van der Waals surface area contributed by atoms with E-state index < -0.39 is 5.97 Å². The molecule has 0 aliphatic carbocycles. The number of carbonyl (C=O) groups is 1. The van der Waals surface area contributed by atoms with Crippen molar-refractivity contribution < 1.29 is 14.6 Å². The van der Waals surface area contributed by atoms with Gasteiger partial charge in [0.15, 0.2) is 0 Å². The first kappa shape index (κ1) is 14.4. The Morgan fingerprint density at radius 1 is 1.39 bits per heavy atom. The molecule has 0 aliphatic heterocycles. The number of anilines is 1. The lowest BCUT2D eigenvalue weighted by molar-refractivity contribution is 0.0697. The van der Waals surface area contributed by atoms with Crippen molar-refractivity contribution in [2.24, 2.45) is 0 Å². The fraction of sp³-hybridized carbons (Fsp3) is 0.538. The number of carboxylic acids is 1. The van der Waals surface area contributed by atoms with E-state index >= 15 is 0 Å². The summed E-state index contributed by atoms with van der Waals surface area (Å²) >= 11 is 0. The number of carboxylic acid groups (broad SMARTS) is 1. The maximum absolute atomic E-state index is 11.0. The van der Waals surface area contributed by atoms with Crippen LogP contribution in [0.1, 0.15) is 35.3 Å². The van der Waals surface area contributed by atoms with E-state index in [1.807, 2.05) is 6.92 Å². The second kappa shape index (κ2) is 7.66. The summed E-state index contributed by atoms with van der Waals surface area (Å²) in [5.74, 6) is -0.501. The van der Waals surface area contributed by atoms with Crippen LogP contribution in [-0.4, -0.2) is 36.3 Å². The minimum Gasteiger partial charge on any atom is -0.478 e. The van der Waals surface area contributed by atoms with Crippen LogP contribution >= 0.6 is 0 Å². The molecule has 0 saturated carbocycles. The van der Waals surface area contributed by atoms with Crippen LogP contribution < -0.4 is 5.32 Å². The molecule has 0 spiro atoms. The van der Waals surface area contributed by atoms with Gasteiger partial charge in [0.2, 0.25) is 0 Å². The molecule has 0 amide bonds. The van der Waals surface area contributed by atoms with Gasteiger partial charge < -0.3 is 15.2 Å². The van der Waals surface area contributed by atoms with E-state index in [4.69, 9.17) is 9.84 Å². The number of aryl methyl sites for hydroxylation is 1. The molecule has 1 aromatic rings. The molecule has 0 aromatic carbocycles. The minimum atomic E-state index is -0.954. The lowest BCUT2D eigenvalue weighted by Gasteiger charge is -2.09. The molecule has 0 bridgehead atoms. The molecule has 1 aromatic heterocycles. The Kier molecular flexibility index (Phi) is 6.14. The van der Waals surface area contributed by atoms with Crippen molar-refractivity contribution in [1.82, 2.24) is 4.98 Å². The van der Waals surface area contributed by atoms with Gasteiger partial charge in [-0.1, -0.05) is 0 Å². The van der Waals surface area contributed by atoms with E-state index in [0.717, 1.165) is 38.1 Å². The lowest BCUT2D eigenvalue weighted by Crippen LogP contribution is -2.10. The Hall–Kier alpha value is -1.62. The normalized spacial score (nSPS) is 10.3. The molecule has 0 fully saturated rings. The Morgan fingerprint density at radius 3 is 2.83 bits per heavy atom. The summed E-state index contributed by atoms with van der Waals surface area (Å²) in [4.78, 5) is 15.2. The van der Waals surface area contributed by atoms with E-state index in [1.54, 1.807) is 19.2 Å². The van der Waals surface area contributed by atoms with E-state index in [1.165, 1.54) is 0 Å². The highest BCUT2D eigenvalue weighted by atomic mass is 16.5. The number of hydrogen-bond acceptors (Lipinski definition) is 4. The molecule has 0 aliphatic rings. The third-order valence-corrected chi connectivity index (χ3v) is 2.58. The summed E-state index contributed by atoms with van der Waals surface area (Å²) in [6.45, 7) is 3.33. The number of nitrogens with zero attached hydrogens (tertiary/aromatic N) is 1. The predicted molar refractivity (Wildman–Crippen MR) is 70.2 cm³/mol. The van der Waals surface area contributed by atoms with E-state index in [-0.39, 0.29) is 5.56 Å². The number of methoxy groups -OCH3 is 1. The number of aromatic carboxylic acids is 1. The highest BCUT2D eigenvalue weighted by Gasteiger charge is 2.10. The molecule has 100 valence electrons. The fourth-order valence-electron chi connectivity index (χ4n) is 1.62. The highest BCUT2D eigenvalue weighted by Crippen LogP contribution is 2.13. The van der Waals surface area contributed by atoms with E-state index in [2.05, 4.69) is 10.3 Å². The van der Waals surface area contributed by atoms with Gasteiger partial charge in [0.05, 0.1) is 0 Å². The topological polar surface area (TPSA) is 71.5 Å². The molecule has 1 rings (SSSR count). The Balaban J connectivity index is 2.45. The second-order valence-corrected chi connectivity index (χ2v) is 4.13. The molecular weight excluding hydrogens is 232 g/mol. The van der Waals surface area contributed by atoms with E-state index in [0.29, 0.717) is 5.82 Å². The number of unbranched alkanes of at least 4 members (excludes halogenated alkanes) is 2. The SMILES string of the molecule is COCCCCCNc1nc(C)ccc1C(=O)O. The van der Waals surface area contributed by atoms with Gasteiger partial charge >= 0.3 is 5.97 Å². The van der Waals surface area contributed by atoms with Crippen LogP contribution in [0, 0.1) is 6.92 Å². The molecule has 0 unspecified atom stereocenters. The number of pyridine rings is 1. The van der Waals surface area contributed by atoms with E-state index in [9.17, 15) is 4.79 Å². The molecule has 0 radical (unpaired) electrons. The molecule has 0 atom stereocenters. The molecular formula is C13H20N2O3. The lowest BCUT2D eigenvalue weighted by atomic mass is 10.2. The van der Waals surface area contributed by atoms with Gasteiger partial charge in [-0.25, -0.2) is 9.78 Å². The minimum absolute atomic E-state index is 0.220. The van der Waals surface area contributed by atoms with Crippen LogP contribution in [0.4, 0.5) is 5.82 Å². The zero-order chi connectivity index (χ0) is 13.4. The van der Waals surface area contributed by atoms with Gasteiger partial charge in [0, 0.05) is 26.0 Å². The second-order valence-electron chi connectivity index (χ2n) is 4.13. The number of rotatable bonds is 8. The van der Waals surface area contributed by atoms with Crippen LogP contribution in [0.3, 0.4) is 0 Å². The van der Waals surface area contributed by atoms with Gasteiger partial charge in [0.25, 0.3) is 0 Å². The summed E-state index contributed by atoms with van der Waals surface area (Å²) < 4.78 is 4.96. The van der Waals surface area contributed by atoms with Crippen LogP contribution in [-0.2, 0) is 4.74 Å². The zero-order valence-electron chi connectivity index (χ0n) is 10.9. The van der Waals surface area contributed by atoms with Crippen molar-refractivity contribution in [3.8, 4) is 0 Å². The maximum Gasteiger partial charge on any atom is 0.339 e. The first-order valence-corrected chi connectivity index (χ1v) is 6.09. The van der Waals surface area contributed by atoms with Crippen molar-refractivity contribution in [1.29, 1.82) is 0 Å². The fourth-order valence-corrected chi connectivity index (χ4v) is 1.62. The highest BCUT2D eigenvalue weighted by molar-refractivity contribution is 5.93. The molecule has 5 heteroatoms. The average molecular weight is 252 g/mol. The maximum atomic E-state index is 11.0. The number of ether oxygens (including phenoxy) is 1. The molecule has 2 N–H and O–H groups in total. The average Bonchev–Trinajstić information content (AvgIpc) is 2.33. The number of hydrogen-bond donors (Lipinski definition) is 2. The van der Waals surface area contributed by atoms with Gasteiger partial charge in [-0.2, -0.15) is 0 Å². The zero-order valence-corrected chi connectivity index (χ0v) is 10.9.